The molecular weight excluding hydrogens is 278 g/mol. The lowest BCUT2D eigenvalue weighted by molar-refractivity contribution is -0.119. The van der Waals surface area contributed by atoms with E-state index in [1.165, 1.54) is 0 Å². The Morgan fingerprint density at radius 3 is 2.30 bits per heavy atom. The van der Waals surface area contributed by atoms with Gasteiger partial charge < -0.3 is 10.6 Å². The fourth-order valence-electron chi connectivity index (χ4n) is 2.49. The summed E-state index contributed by atoms with van der Waals surface area (Å²) in [5, 5.41) is 5.61. The van der Waals surface area contributed by atoms with Crippen molar-refractivity contribution in [3.8, 4) is 0 Å². The number of sulfonamides is 1. The van der Waals surface area contributed by atoms with Gasteiger partial charge in [-0.25, -0.2) is 13.1 Å². The summed E-state index contributed by atoms with van der Waals surface area (Å²) in [6.07, 6.45) is 0.186. The zero-order chi connectivity index (χ0) is 14.9. The summed E-state index contributed by atoms with van der Waals surface area (Å²) in [4.78, 5) is 11.4. The van der Waals surface area contributed by atoms with Gasteiger partial charge >= 0.3 is 0 Å². The molecule has 1 unspecified atom stereocenters. The predicted molar refractivity (Wildman–Crippen MR) is 77.2 cm³/mol. The Bertz CT molecular complexity index is 617. The van der Waals surface area contributed by atoms with E-state index in [2.05, 4.69) is 15.4 Å². The molecule has 1 aliphatic heterocycles. The Kier molecular flexibility index (Phi) is 4.01. The molecule has 1 heterocycles. The van der Waals surface area contributed by atoms with Crippen LogP contribution in [0.4, 0.5) is 5.69 Å². The number of hydrogen-bond donors (Lipinski definition) is 3. The second-order valence-corrected chi connectivity index (χ2v) is 6.67. The van der Waals surface area contributed by atoms with Crippen molar-refractivity contribution in [1.82, 2.24) is 10.0 Å². The highest BCUT2D eigenvalue weighted by Crippen LogP contribution is 2.24. The van der Waals surface area contributed by atoms with Crippen LogP contribution in [0.15, 0.2) is 17.0 Å². The van der Waals surface area contributed by atoms with Crippen LogP contribution in [-0.4, -0.2) is 34.0 Å². The van der Waals surface area contributed by atoms with Gasteiger partial charge in [-0.1, -0.05) is 0 Å². The molecule has 0 aromatic heterocycles. The van der Waals surface area contributed by atoms with E-state index in [1.54, 1.807) is 33.0 Å². The van der Waals surface area contributed by atoms with Crippen molar-refractivity contribution in [2.75, 3.05) is 18.9 Å². The van der Waals surface area contributed by atoms with Crippen LogP contribution in [0.3, 0.4) is 0 Å². The van der Waals surface area contributed by atoms with Crippen LogP contribution in [0.1, 0.15) is 17.5 Å². The molecule has 1 aliphatic rings. The number of amides is 1. The molecule has 1 aromatic carbocycles. The van der Waals surface area contributed by atoms with Crippen molar-refractivity contribution in [3.05, 3.63) is 23.3 Å². The molecular formula is C13H19N3O3S. The van der Waals surface area contributed by atoms with E-state index < -0.39 is 10.0 Å². The van der Waals surface area contributed by atoms with Gasteiger partial charge in [-0.3, -0.25) is 4.79 Å². The Balaban J connectivity index is 2.32. The van der Waals surface area contributed by atoms with Crippen molar-refractivity contribution in [2.24, 2.45) is 0 Å². The van der Waals surface area contributed by atoms with Crippen molar-refractivity contribution < 1.29 is 13.2 Å². The minimum atomic E-state index is -3.62. The van der Waals surface area contributed by atoms with Gasteiger partial charge in [-0.2, -0.15) is 0 Å². The number of rotatable bonds is 4. The third-order valence-electron chi connectivity index (χ3n) is 3.32. The molecule has 1 fully saturated rings. The minimum Gasteiger partial charge on any atom is -0.388 e. The van der Waals surface area contributed by atoms with Crippen molar-refractivity contribution in [2.45, 2.75) is 31.2 Å². The molecule has 3 N–H and O–H groups in total. The highest BCUT2D eigenvalue weighted by Gasteiger charge is 2.28. The SMILES string of the molecule is CNc1cc(C)c(S(=O)(=O)NC2CNC(=O)C2)c(C)c1. The summed E-state index contributed by atoms with van der Waals surface area (Å²) in [5.41, 5.74) is 2.23. The van der Waals surface area contributed by atoms with Gasteiger partial charge in [0.2, 0.25) is 15.9 Å². The second-order valence-electron chi connectivity index (χ2n) is 5.02. The molecule has 1 atom stereocenters. The van der Waals surface area contributed by atoms with Gasteiger partial charge in [0, 0.05) is 31.7 Å². The van der Waals surface area contributed by atoms with E-state index >= 15 is 0 Å². The van der Waals surface area contributed by atoms with Gasteiger partial charge in [0.15, 0.2) is 0 Å². The molecule has 0 saturated carbocycles. The van der Waals surface area contributed by atoms with Gasteiger partial charge in [-0.15, -0.1) is 0 Å². The van der Waals surface area contributed by atoms with E-state index in [1.807, 2.05) is 0 Å². The van der Waals surface area contributed by atoms with Gasteiger partial charge in [0.1, 0.15) is 0 Å². The van der Waals surface area contributed by atoms with Crippen molar-refractivity contribution in [1.29, 1.82) is 0 Å². The lowest BCUT2D eigenvalue weighted by atomic mass is 10.1. The van der Waals surface area contributed by atoms with Crippen LogP contribution in [0, 0.1) is 13.8 Å². The first-order valence-electron chi connectivity index (χ1n) is 6.41. The highest BCUT2D eigenvalue weighted by atomic mass is 32.2. The number of carbonyl (C=O) groups excluding carboxylic acids is 1. The number of nitrogens with one attached hydrogen (secondary N) is 3. The van der Waals surface area contributed by atoms with Crippen LogP contribution in [0.25, 0.3) is 0 Å². The molecule has 1 saturated heterocycles. The number of aryl methyl sites for hydroxylation is 2. The molecule has 7 heteroatoms. The van der Waals surface area contributed by atoms with Gasteiger partial charge in [0.05, 0.1) is 4.90 Å². The topological polar surface area (TPSA) is 87.3 Å². The quantitative estimate of drug-likeness (QED) is 0.756. The van der Waals surface area contributed by atoms with E-state index in [9.17, 15) is 13.2 Å². The average molecular weight is 297 g/mol. The van der Waals surface area contributed by atoms with Gasteiger partial charge in [0.25, 0.3) is 0 Å². The number of benzene rings is 1. The zero-order valence-electron chi connectivity index (χ0n) is 11.8. The first kappa shape index (κ1) is 14.8. The summed E-state index contributed by atoms with van der Waals surface area (Å²) < 4.78 is 27.5. The lowest BCUT2D eigenvalue weighted by Gasteiger charge is -2.16. The third-order valence-corrected chi connectivity index (χ3v) is 5.14. The number of hydrogen-bond acceptors (Lipinski definition) is 4. The first-order chi connectivity index (χ1) is 9.33. The zero-order valence-corrected chi connectivity index (χ0v) is 12.6. The summed E-state index contributed by atoms with van der Waals surface area (Å²) in [7, 11) is -1.84. The van der Waals surface area contributed by atoms with Crippen molar-refractivity contribution in [3.63, 3.8) is 0 Å². The molecule has 0 aliphatic carbocycles. The maximum absolute atomic E-state index is 12.5. The van der Waals surface area contributed by atoms with Crippen molar-refractivity contribution >= 4 is 21.6 Å². The third kappa shape index (κ3) is 2.94. The summed E-state index contributed by atoms with van der Waals surface area (Å²) in [5.74, 6) is -0.128. The monoisotopic (exact) mass is 297 g/mol. The molecule has 20 heavy (non-hydrogen) atoms. The van der Waals surface area contributed by atoms with Crippen LogP contribution >= 0.6 is 0 Å². The minimum absolute atomic E-state index is 0.128. The molecule has 6 nitrogen and oxygen atoms in total. The fourth-order valence-corrected chi connectivity index (χ4v) is 4.17. The first-order valence-corrected chi connectivity index (χ1v) is 7.90. The molecule has 0 spiro atoms. The molecule has 110 valence electrons. The maximum Gasteiger partial charge on any atom is 0.241 e. The largest absolute Gasteiger partial charge is 0.388 e. The Hall–Kier alpha value is -1.60. The summed E-state index contributed by atoms with van der Waals surface area (Å²) in [6.45, 7) is 3.87. The molecule has 1 amide bonds. The van der Waals surface area contributed by atoms with Gasteiger partial charge in [-0.05, 0) is 37.1 Å². The Labute approximate surface area is 119 Å². The van der Waals surface area contributed by atoms with E-state index in [4.69, 9.17) is 0 Å². The molecule has 0 bridgehead atoms. The maximum atomic E-state index is 12.5. The lowest BCUT2D eigenvalue weighted by Crippen LogP contribution is -2.36. The Morgan fingerprint density at radius 1 is 1.25 bits per heavy atom. The van der Waals surface area contributed by atoms with E-state index in [-0.39, 0.29) is 23.3 Å². The second kappa shape index (κ2) is 5.41. The van der Waals surface area contributed by atoms with Crippen LogP contribution < -0.4 is 15.4 Å². The fraction of sp³-hybridized carbons (Fsp3) is 0.462. The standard InChI is InChI=1S/C13H19N3O3S/c1-8-4-10(14-3)5-9(2)13(8)20(18,19)16-11-6-12(17)15-7-11/h4-5,11,14,16H,6-7H2,1-3H3,(H,15,17). The normalized spacial score (nSPS) is 18.9. The smallest absolute Gasteiger partial charge is 0.241 e. The van der Waals surface area contributed by atoms with Crippen LogP contribution in [-0.2, 0) is 14.8 Å². The summed E-state index contributed by atoms with van der Waals surface area (Å²) in [6, 6.07) is 3.20. The summed E-state index contributed by atoms with van der Waals surface area (Å²) >= 11 is 0. The number of anilines is 1. The van der Waals surface area contributed by atoms with Crippen LogP contribution in [0.2, 0.25) is 0 Å². The molecule has 2 rings (SSSR count). The molecule has 1 aromatic rings. The average Bonchev–Trinajstić information content (AvgIpc) is 2.72. The molecule has 0 radical (unpaired) electrons. The Morgan fingerprint density at radius 2 is 1.85 bits per heavy atom. The van der Waals surface area contributed by atoms with E-state index in [0.717, 1.165) is 5.69 Å². The van der Waals surface area contributed by atoms with Crippen LogP contribution in [0.5, 0.6) is 0 Å². The predicted octanol–water partition coefficient (Wildman–Crippen LogP) is 0.512. The van der Waals surface area contributed by atoms with E-state index in [0.29, 0.717) is 17.7 Å². The highest BCUT2D eigenvalue weighted by molar-refractivity contribution is 7.89. The number of carbonyl (C=O) groups is 1.